The van der Waals surface area contributed by atoms with Gasteiger partial charge in [0.1, 0.15) is 0 Å². The Kier molecular flexibility index (Phi) is 5.38. The average molecular weight is 305 g/mol. The summed E-state index contributed by atoms with van der Waals surface area (Å²) in [5.74, 6) is 0.0328. The van der Waals surface area contributed by atoms with E-state index in [2.05, 4.69) is 10.6 Å². The van der Waals surface area contributed by atoms with Crippen LogP contribution in [-0.4, -0.2) is 44.8 Å². The van der Waals surface area contributed by atoms with Crippen LogP contribution in [0, 0.1) is 13.8 Å². The van der Waals surface area contributed by atoms with E-state index in [0.717, 1.165) is 11.3 Å². The molecular formula is C16H23N3O3. The zero-order chi connectivity index (χ0) is 16.1. The molecule has 3 amide bonds. The van der Waals surface area contributed by atoms with Crippen molar-refractivity contribution in [1.82, 2.24) is 10.6 Å². The Labute approximate surface area is 130 Å². The van der Waals surface area contributed by atoms with Gasteiger partial charge in [0.2, 0.25) is 5.91 Å². The monoisotopic (exact) mass is 305 g/mol. The topological polar surface area (TPSA) is 70.7 Å². The summed E-state index contributed by atoms with van der Waals surface area (Å²) in [4.78, 5) is 25.6. The van der Waals surface area contributed by atoms with Crippen LogP contribution in [0.15, 0.2) is 18.2 Å². The lowest BCUT2D eigenvalue weighted by Crippen LogP contribution is -2.44. The maximum atomic E-state index is 12.2. The fourth-order valence-electron chi connectivity index (χ4n) is 2.45. The fraction of sp³-hybridized carbons (Fsp3) is 0.500. The van der Waals surface area contributed by atoms with E-state index in [-0.39, 0.29) is 18.0 Å². The van der Waals surface area contributed by atoms with Crippen molar-refractivity contribution >= 4 is 17.6 Å². The van der Waals surface area contributed by atoms with Gasteiger partial charge in [0.05, 0.1) is 12.6 Å². The zero-order valence-electron chi connectivity index (χ0n) is 13.3. The lowest BCUT2D eigenvalue weighted by molar-refractivity contribution is -0.117. The van der Waals surface area contributed by atoms with Crippen molar-refractivity contribution in [3.63, 3.8) is 0 Å². The molecule has 1 aliphatic rings. The number of amides is 3. The molecule has 0 unspecified atom stereocenters. The molecule has 120 valence electrons. The number of benzene rings is 1. The normalized spacial score (nSPS) is 17.7. The number of anilines is 1. The number of nitrogens with zero attached hydrogens (tertiary/aromatic N) is 1. The van der Waals surface area contributed by atoms with Crippen molar-refractivity contribution in [2.75, 3.05) is 31.7 Å². The van der Waals surface area contributed by atoms with Gasteiger partial charge in [0.15, 0.2) is 0 Å². The van der Waals surface area contributed by atoms with Crippen LogP contribution >= 0.6 is 0 Å². The van der Waals surface area contributed by atoms with Crippen LogP contribution in [0.4, 0.5) is 10.5 Å². The van der Waals surface area contributed by atoms with Gasteiger partial charge < -0.3 is 20.3 Å². The van der Waals surface area contributed by atoms with Crippen LogP contribution in [0.1, 0.15) is 17.5 Å². The number of hydrogen-bond acceptors (Lipinski definition) is 3. The Morgan fingerprint density at radius 2 is 2.14 bits per heavy atom. The first kappa shape index (κ1) is 16.3. The maximum Gasteiger partial charge on any atom is 0.315 e. The lowest BCUT2D eigenvalue weighted by Gasteiger charge is -2.18. The van der Waals surface area contributed by atoms with E-state index in [1.807, 2.05) is 32.0 Å². The van der Waals surface area contributed by atoms with Crippen LogP contribution in [0.2, 0.25) is 0 Å². The molecule has 22 heavy (non-hydrogen) atoms. The first-order valence-corrected chi connectivity index (χ1v) is 7.42. The van der Waals surface area contributed by atoms with Crippen LogP contribution in [0.3, 0.4) is 0 Å². The number of urea groups is 1. The smallest absolute Gasteiger partial charge is 0.315 e. The predicted octanol–water partition coefficient (Wildman–Crippen LogP) is 1.35. The third kappa shape index (κ3) is 3.98. The van der Waals surface area contributed by atoms with Crippen LogP contribution < -0.4 is 15.5 Å². The van der Waals surface area contributed by atoms with E-state index >= 15 is 0 Å². The highest BCUT2D eigenvalue weighted by molar-refractivity contribution is 5.96. The molecular weight excluding hydrogens is 282 g/mol. The van der Waals surface area contributed by atoms with Crippen molar-refractivity contribution in [2.24, 2.45) is 0 Å². The summed E-state index contributed by atoms with van der Waals surface area (Å²) in [6.07, 6.45) is 0.324. The second-order valence-corrected chi connectivity index (χ2v) is 5.57. The lowest BCUT2D eigenvalue weighted by atomic mass is 10.1. The molecule has 0 spiro atoms. The van der Waals surface area contributed by atoms with E-state index in [4.69, 9.17) is 4.74 Å². The summed E-state index contributed by atoms with van der Waals surface area (Å²) in [5, 5.41) is 5.52. The number of carbonyl (C=O) groups is 2. The summed E-state index contributed by atoms with van der Waals surface area (Å²) >= 11 is 0. The van der Waals surface area contributed by atoms with Gasteiger partial charge in [0, 0.05) is 32.3 Å². The number of ether oxygens (including phenoxy) is 1. The zero-order valence-corrected chi connectivity index (χ0v) is 13.3. The molecule has 6 heteroatoms. The van der Waals surface area contributed by atoms with E-state index in [1.165, 1.54) is 5.56 Å². The Morgan fingerprint density at radius 3 is 2.82 bits per heavy atom. The second kappa shape index (κ2) is 7.26. The van der Waals surface area contributed by atoms with Gasteiger partial charge in [-0.05, 0) is 37.1 Å². The van der Waals surface area contributed by atoms with Gasteiger partial charge in [-0.1, -0.05) is 6.07 Å². The molecule has 1 aromatic carbocycles. The molecule has 0 aromatic heterocycles. The Bertz CT molecular complexity index is 560. The molecule has 0 radical (unpaired) electrons. The average Bonchev–Trinajstić information content (AvgIpc) is 2.83. The van der Waals surface area contributed by atoms with Gasteiger partial charge in [-0.25, -0.2) is 4.79 Å². The Hall–Kier alpha value is -2.08. The minimum Gasteiger partial charge on any atom is -0.383 e. The third-order valence-corrected chi connectivity index (χ3v) is 3.85. The van der Waals surface area contributed by atoms with Crippen molar-refractivity contribution in [2.45, 2.75) is 26.3 Å². The minimum atomic E-state index is -0.267. The molecule has 1 atom stereocenters. The van der Waals surface area contributed by atoms with Crippen molar-refractivity contribution < 1.29 is 14.3 Å². The van der Waals surface area contributed by atoms with Crippen molar-refractivity contribution in [3.05, 3.63) is 29.3 Å². The van der Waals surface area contributed by atoms with Gasteiger partial charge in [0.25, 0.3) is 0 Å². The van der Waals surface area contributed by atoms with E-state index in [0.29, 0.717) is 26.1 Å². The van der Waals surface area contributed by atoms with Crippen LogP contribution in [0.5, 0.6) is 0 Å². The summed E-state index contributed by atoms with van der Waals surface area (Å²) in [6.45, 7) is 5.48. The molecule has 6 nitrogen and oxygen atoms in total. The van der Waals surface area contributed by atoms with E-state index in [1.54, 1.807) is 12.0 Å². The van der Waals surface area contributed by atoms with Gasteiger partial charge in [-0.3, -0.25) is 4.79 Å². The summed E-state index contributed by atoms with van der Waals surface area (Å²) < 4.78 is 4.87. The largest absolute Gasteiger partial charge is 0.383 e. The van der Waals surface area contributed by atoms with Gasteiger partial charge >= 0.3 is 6.03 Å². The first-order valence-electron chi connectivity index (χ1n) is 7.42. The molecule has 1 aromatic rings. The van der Waals surface area contributed by atoms with Gasteiger partial charge in [-0.2, -0.15) is 0 Å². The second-order valence-electron chi connectivity index (χ2n) is 5.57. The van der Waals surface area contributed by atoms with E-state index < -0.39 is 0 Å². The van der Waals surface area contributed by atoms with Crippen LogP contribution in [0.25, 0.3) is 0 Å². The molecule has 1 saturated heterocycles. The molecule has 1 fully saturated rings. The fourth-order valence-corrected chi connectivity index (χ4v) is 2.45. The molecule has 0 saturated carbocycles. The molecule has 2 rings (SSSR count). The highest BCUT2D eigenvalue weighted by atomic mass is 16.5. The maximum absolute atomic E-state index is 12.2. The first-order chi connectivity index (χ1) is 10.5. The number of rotatable bonds is 5. The number of nitrogens with one attached hydrogen (secondary N) is 2. The SMILES string of the molecule is COCCNC(=O)N[C@H]1CC(=O)N(c2ccc(C)c(C)c2)C1. The summed E-state index contributed by atoms with van der Waals surface area (Å²) in [5.41, 5.74) is 3.24. The summed E-state index contributed by atoms with van der Waals surface area (Å²) in [7, 11) is 1.58. The number of aryl methyl sites for hydroxylation is 2. The molecule has 1 aliphatic heterocycles. The Balaban J connectivity index is 1.93. The van der Waals surface area contributed by atoms with Crippen molar-refractivity contribution in [3.8, 4) is 0 Å². The highest BCUT2D eigenvalue weighted by Crippen LogP contribution is 2.23. The van der Waals surface area contributed by atoms with Crippen molar-refractivity contribution in [1.29, 1.82) is 0 Å². The minimum absolute atomic E-state index is 0.0328. The third-order valence-electron chi connectivity index (χ3n) is 3.85. The Morgan fingerprint density at radius 1 is 1.36 bits per heavy atom. The molecule has 0 bridgehead atoms. The molecule has 2 N–H and O–H groups in total. The van der Waals surface area contributed by atoms with Gasteiger partial charge in [-0.15, -0.1) is 0 Å². The van der Waals surface area contributed by atoms with Crippen LogP contribution in [-0.2, 0) is 9.53 Å². The number of carbonyl (C=O) groups excluding carboxylic acids is 2. The number of hydrogen-bond donors (Lipinski definition) is 2. The standard InChI is InChI=1S/C16H23N3O3/c1-11-4-5-14(8-12(11)2)19-10-13(9-15(19)20)18-16(21)17-6-7-22-3/h4-5,8,13H,6-7,9-10H2,1-3H3,(H2,17,18,21)/t13-/m0/s1. The molecule has 1 heterocycles. The highest BCUT2D eigenvalue weighted by Gasteiger charge is 2.31. The van der Waals surface area contributed by atoms with E-state index in [9.17, 15) is 9.59 Å². The quantitative estimate of drug-likeness (QED) is 0.807. The number of methoxy groups -OCH3 is 1. The summed E-state index contributed by atoms with van der Waals surface area (Å²) in [6, 6.07) is 5.53. The predicted molar refractivity (Wildman–Crippen MR) is 85.1 cm³/mol. The molecule has 0 aliphatic carbocycles.